The summed E-state index contributed by atoms with van der Waals surface area (Å²) < 4.78 is 0. The van der Waals surface area contributed by atoms with Crippen LogP contribution in [0.3, 0.4) is 0 Å². The molecule has 0 amide bonds. The lowest BCUT2D eigenvalue weighted by molar-refractivity contribution is 1.18. The molecule has 0 aliphatic heterocycles. The first-order valence-electron chi connectivity index (χ1n) is 6.58. The zero-order chi connectivity index (χ0) is 14.1. The number of nitrogens with zero attached hydrogens (tertiary/aromatic N) is 4. The molecular weight excluding hydrogens is 262 g/mol. The Bertz CT molecular complexity index is 847. The maximum Gasteiger partial charge on any atom is 0.159 e. The van der Waals surface area contributed by atoms with E-state index in [2.05, 4.69) is 24.9 Å². The number of hydrogen-bond acceptors (Lipinski definition) is 4. The van der Waals surface area contributed by atoms with Crippen LogP contribution in [0.15, 0.2) is 61.2 Å². The fraction of sp³-hybridized carbons (Fsp3) is 0. The minimum atomic E-state index is 0.702. The standard InChI is InChI=1S/C16H11N5/c1-6-18-15(19-7-1)12-2-3-13-14(10-12)21-16(20-13)11-4-8-17-9-5-11/h1-10H,(H,20,21). The Morgan fingerprint density at radius 3 is 2.43 bits per heavy atom. The predicted molar refractivity (Wildman–Crippen MR) is 80.4 cm³/mol. The molecule has 3 heterocycles. The molecule has 0 aliphatic rings. The highest BCUT2D eigenvalue weighted by Gasteiger charge is 2.07. The molecule has 0 fully saturated rings. The van der Waals surface area contributed by atoms with Gasteiger partial charge in [0.15, 0.2) is 5.82 Å². The second-order valence-corrected chi connectivity index (χ2v) is 4.63. The van der Waals surface area contributed by atoms with Gasteiger partial charge in [-0.05, 0) is 36.4 Å². The van der Waals surface area contributed by atoms with Crippen LogP contribution < -0.4 is 0 Å². The van der Waals surface area contributed by atoms with E-state index in [1.165, 1.54) is 0 Å². The van der Waals surface area contributed by atoms with Crippen molar-refractivity contribution in [3.8, 4) is 22.8 Å². The van der Waals surface area contributed by atoms with Crippen LogP contribution in [0.4, 0.5) is 0 Å². The lowest BCUT2D eigenvalue weighted by Crippen LogP contribution is -1.86. The SMILES string of the molecule is c1cnc(-c2ccc3[nH]c(-c4ccncc4)nc3c2)nc1. The molecule has 3 aromatic heterocycles. The van der Waals surface area contributed by atoms with Crippen molar-refractivity contribution in [1.82, 2.24) is 24.9 Å². The molecule has 21 heavy (non-hydrogen) atoms. The monoisotopic (exact) mass is 273 g/mol. The van der Waals surface area contributed by atoms with Gasteiger partial charge in [0.25, 0.3) is 0 Å². The number of pyridine rings is 1. The topological polar surface area (TPSA) is 67.3 Å². The molecule has 0 bridgehead atoms. The lowest BCUT2D eigenvalue weighted by Gasteiger charge is -1.98. The quantitative estimate of drug-likeness (QED) is 0.609. The van der Waals surface area contributed by atoms with Crippen LogP contribution in [0.1, 0.15) is 0 Å². The molecule has 0 aliphatic carbocycles. The summed E-state index contributed by atoms with van der Waals surface area (Å²) in [5.74, 6) is 1.53. The highest BCUT2D eigenvalue weighted by Crippen LogP contribution is 2.23. The summed E-state index contributed by atoms with van der Waals surface area (Å²) in [4.78, 5) is 20.5. The number of fused-ring (bicyclic) bond motifs is 1. The van der Waals surface area contributed by atoms with E-state index in [1.54, 1.807) is 30.9 Å². The molecule has 0 atom stereocenters. The Labute approximate surface area is 120 Å². The molecule has 0 unspecified atom stereocenters. The average molecular weight is 273 g/mol. The first kappa shape index (κ1) is 11.7. The number of rotatable bonds is 2. The fourth-order valence-corrected chi connectivity index (χ4v) is 2.24. The van der Waals surface area contributed by atoms with Crippen molar-refractivity contribution in [3.05, 3.63) is 61.2 Å². The number of nitrogens with one attached hydrogen (secondary N) is 1. The molecule has 5 heteroatoms. The van der Waals surface area contributed by atoms with Gasteiger partial charge in [0.2, 0.25) is 0 Å². The Kier molecular flexibility index (Phi) is 2.67. The minimum Gasteiger partial charge on any atom is -0.338 e. The van der Waals surface area contributed by atoms with Crippen LogP contribution in [0.5, 0.6) is 0 Å². The van der Waals surface area contributed by atoms with Gasteiger partial charge in [-0.25, -0.2) is 15.0 Å². The molecule has 0 spiro atoms. The molecule has 5 nitrogen and oxygen atoms in total. The summed E-state index contributed by atoms with van der Waals surface area (Å²) >= 11 is 0. The lowest BCUT2D eigenvalue weighted by atomic mass is 10.2. The predicted octanol–water partition coefficient (Wildman–Crippen LogP) is 3.08. The molecule has 100 valence electrons. The summed E-state index contributed by atoms with van der Waals surface area (Å²) in [6.45, 7) is 0. The Balaban J connectivity index is 1.82. The second-order valence-electron chi connectivity index (χ2n) is 4.63. The highest BCUT2D eigenvalue weighted by molar-refractivity contribution is 5.83. The molecule has 4 aromatic rings. The summed E-state index contributed by atoms with van der Waals surface area (Å²) in [6, 6.07) is 11.6. The summed E-state index contributed by atoms with van der Waals surface area (Å²) in [6.07, 6.45) is 6.98. The molecule has 1 aromatic carbocycles. The largest absolute Gasteiger partial charge is 0.338 e. The van der Waals surface area contributed by atoms with Crippen LogP contribution in [-0.4, -0.2) is 24.9 Å². The zero-order valence-corrected chi connectivity index (χ0v) is 11.1. The van der Waals surface area contributed by atoms with Crippen molar-refractivity contribution >= 4 is 11.0 Å². The summed E-state index contributed by atoms with van der Waals surface area (Å²) in [5.41, 5.74) is 3.85. The first-order valence-corrected chi connectivity index (χ1v) is 6.58. The van der Waals surface area contributed by atoms with Gasteiger partial charge in [0.1, 0.15) is 5.82 Å². The molecular formula is C16H11N5. The molecule has 1 N–H and O–H groups in total. The van der Waals surface area contributed by atoms with E-state index in [1.807, 2.05) is 30.3 Å². The van der Waals surface area contributed by atoms with E-state index in [4.69, 9.17) is 0 Å². The third-order valence-corrected chi connectivity index (χ3v) is 3.26. The molecule has 0 saturated carbocycles. The number of aromatic amines is 1. The normalized spacial score (nSPS) is 10.9. The third kappa shape index (κ3) is 2.14. The van der Waals surface area contributed by atoms with Gasteiger partial charge in [-0.1, -0.05) is 0 Å². The Morgan fingerprint density at radius 1 is 0.810 bits per heavy atom. The van der Waals surface area contributed by atoms with Crippen molar-refractivity contribution in [2.75, 3.05) is 0 Å². The van der Waals surface area contributed by atoms with Gasteiger partial charge >= 0.3 is 0 Å². The highest BCUT2D eigenvalue weighted by atomic mass is 14.9. The molecule has 0 radical (unpaired) electrons. The first-order chi connectivity index (χ1) is 10.4. The van der Waals surface area contributed by atoms with Crippen LogP contribution in [-0.2, 0) is 0 Å². The van der Waals surface area contributed by atoms with E-state index >= 15 is 0 Å². The maximum absolute atomic E-state index is 4.63. The smallest absolute Gasteiger partial charge is 0.159 e. The van der Waals surface area contributed by atoms with Gasteiger partial charge in [-0.3, -0.25) is 4.98 Å². The molecule has 4 rings (SSSR count). The van der Waals surface area contributed by atoms with Gasteiger partial charge < -0.3 is 4.98 Å². The summed E-state index contributed by atoms with van der Waals surface area (Å²) in [5, 5.41) is 0. The van der Waals surface area contributed by atoms with Gasteiger partial charge in [-0.2, -0.15) is 0 Å². The number of benzene rings is 1. The number of imidazole rings is 1. The third-order valence-electron chi connectivity index (χ3n) is 3.26. The van der Waals surface area contributed by atoms with E-state index in [0.29, 0.717) is 5.82 Å². The average Bonchev–Trinajstić information content (AvgIpc) is 2.99. The van der Waals surface area contributed by atoms with Crippen molar-refractivity contribution in [2.24, 2.45) is 0 Å². The van der Waals surface area contributed by atoms with Gasteiger partial charge in [0, 0.05) is 35.9 Å². The van der Waals surface area contributed by atoms with Crippen molar-refractivity contribution < 1.29 is 0 Å². The Morgan fingerprint density at radius 2 is 1.62 bits per heavy atom. The van der Waals surface area contributed by atoms with Crippen LogP contribution in [0, 0.1) is 0 Å². The minimum absolute atomic E-state index is 0.702. The fourth-order valence-electron chi connectivity index (χ4n) is 2.24. The molecule has 0 saturated heterocycles. The van der Waals surface area contributed by atoms with Crippen LogP contribution in [0.2, 0.25) is 0 Å². The zero-order valence-electron chi connectivity index (χ0n) is 11.1. The van der Waals surface area contributed by atoms with Crippen molar-refractivity contribution in [3.63, 3.8) is 0 Å². The van der Waals surface area contributed by atoms with Crippen molar-refractivity contribution in [2.45, 2.75) is 0 Å². The van der Waals surface area contributed by atoms with E-state index in [0.717, 1.165) is 28.0 Å². The number of aromatic nitrogens is 5. The van der Waals surface area contributed by atoms with E-state index in [-0.39, 0.29) is 0 Å². The maximum atomic E-state index is 4.63. The van der Waals surface area contributed by atoms with E-state index < -0.39 is 0 Å². The van der Waals surface area contributed by atoms with Crippen LogP contribution in [0.25, 0.3) is 33.8 Å². The van der Waals surface area contributed by atoms with Crippen molar-refractivity contribution in [1.29, 1.82) is 0 Å². The van der Waals surface area contributed by atoms with Gasteiger partial charge in [0.05, 0.1) is 11.0 Å². The Hall–Kier alpha value is -3.08. The second kappa shape index (κ2) is 4.79. The summed E-state index contributed by atoms with van der Waals surface area (Å²) in [7, 11) is 0. The number of hydrogen-bond donors (Lipinski definition) is 1. The van der Waals surface area contributed by atoms with E-state index in [9.17, 15) is 0 Å². The number of H-pyrrole nitrogens is 1. The van der Waals surface area contributed by atoms with Crippen LogP contribution >= 0.6 is 0 Å². The van der Waals surface area contributed by atoms with Gasteiger partial charge in [-0.15, -0.1) is 0 Å².